The van der Waals surface area contributed by atoms with E-state index in [1.54, 1.807) is 24.4 Å². The third-order valence-corrected chi connectivity index (χ3v) is 4.44. The van der Waals surface area contributed by atoms with Crippen LogP contribution in [-0.2, 0) is 4.79 Å². The van der Waals surface area contributed by atoms with Crippen LogP contribution in [0, 0.1) is 6.92 Å². The molecule has 1 aromatic heterocycles. The monoisotopic (exact) mass is 340 g/mol. The molecule has 0 aliphatic rings. The first kappa shape index (κ1) is 16.1. The summed E-state index contributed by atoms with van der Waals surface area (Å²) >= 11 is 13.5. The smallest absolute Gasteiger partial charge is 0.237 e. The summed E-state index contributed by atoms with van der Waals surface area (Å²) in [7, 11) is 0. The van der Waals surface area contributed by atoms with Crippen LogP contribution in [0.1, 0.15) is 12.5 Å². The summed E-state index contributed by atoms with van der Waals surface area (Å²) in [5.41, 5.74) is 1.52. The van der Waals surface area contributed by atoms with E-state index in [1.165, 1.54) is 11.8 Å². The zero-order valence-electron chi connectivity index (χ0n) is 11.6. The molecular formula is C15H14Cl2N2OS. The molecule has 1 unspecified atom stereocenters. The van der Waals surface area contributed by atoms with Crippen molar-refractivity contribution in [2.75, 3.05) is 5.32 Å². The number of halogens is 2. The Kier molecular flexibility index (Phi) is 5.51. The largest absolute Gasteiger partial charge is 0.323 e. The fourth-order valence-electron chi connectivity index (χ4n) is 1.60. The van der Waals surface area contributed by atoms with E-state index in [1.807, 2.05) is 26.0 Å². The molecule has 1 heterocycles. The van der Waals surface area contributed by atoms with Gasteiger partial charge >= 0.3 is 0 Å². The Hall–Kier alpha value is -1.23. The molecule has 0 saturated heterocycles. The summed E-state index contributed by atoms with van der Waals surface area (Å²) < 4.78 is 0. The maximum absolute atomic E-state index is 12.2. The van der Waals surface area contributed by atoms with Gasteiger partial charge in [-0.05, 0) is 37.6 Å². The molecule has 0 saturated carbocycles. The molecule has 2 aromatic rings. The average Bonchev–Trinajstić information content (AvgIpc) is 2.45. The first-order valence-corrected chi connectivity index (χ1v) is 7.95. The van der Waals surface area contributed by atoms with Crippen LogP contribution in [-0.4, -0.2) is 16.1 Å². The van der Waals surface area contributed by atoms with Crippen LogP contribution in [0.2, 0.25) is 10.0 Å². The van der Waals surface area contributed by atoms with Crippen LogP contribution in [0.5, 0.6) is 0 Å². The van der Waals surface area contributed by atoms with Crippen molar-refractivity contribution in [3.05, 3.63) is 52.1 Å². The molecule has 1 aromatic carbocycles. The highest BCUT2D eigenvalue weighted by molar-refractivity contribution is 8.00. The summed E-state index contributed by atoms with van der Waals surface area (Å²) in [4.78, 5) is 16.5. The maximum Gasteiger partial charge on any atom is 0.237 e. The average molecular weight is 341 g/mol. The number of nitrogens with one attached hydrogen (secondary N) is 1. The molecule has 0 aliphatic carbocycles. The number of hydrogen-bond acceptors (Lipinski definition) is 3. The topological polar surface area (TPSA) is 42.0 Å². The Labute approximate surface area is 138 Å². The minimum absolute atomic E-state index is 0.169. The highest BCUT2D eigenvalue weighted by atomic mass is 35.5. The Morgan fingerprint density at radius 2 is 1.90 bits per heavy atom. The summed E-state index contributed by atoms with van der Waals surface area (Å²) in [5.74, 6) is -0.169. The van der Waals surface area contributed by atoms with Gasteiger partial charge in [0, 0.05) is 6.20 Å². The van der Waals surface area contributed by atoms with Gasteiger partial charge in [-0.3, -0.25) is 4.79 Å². The fraction of sp³-hybridized carbons (Fsp3) is 0.200. The Morgan fingerprint density at radius 3 is 2.48 bits per heavy atom. The Morgan fingerprint density at radius 1 is 1.24 bits per heavy atom. The predicted molar refractivity (Wildman–Crippen MR) is 89.4 cm³/mol. The minimum Gasteiger partial charge on any atom is -0.323 e. The van der Waals surface area contributed by atoms with Gasteiger partial charge in [0.1, 0.15) is 0 Å². The van der Waals surface area contributed by atoms with E-state index in [0.717, 1.165) is 10.6 Å². The number of aryl methyl sites for hydroxylation is 1. The lowest BCUT2D eigenvalue weighted by Gasteiger charge is -2.13. The number of amides is 1. The summed E-state index contributed by atoms with van der Waals surface area (Å²) in [6.07, 6.45) is 1.78. The van der Waals surface area contributed by atoms with Crippen LogP contribution in [0.4, 0.5) is 5.69 Å². The summed E-state index contributed by atoms with van der Waals surface area (Å²) in [6.45, 7) is 3.78. The zero-order chi connectivity index (χ0) is 15.4. The molecule has 0 aliphatic heterocycles. The van der Waals surface area contributed by atoms with E-state index in [9.17, 15) is 4.79 Å². The Bertz CT molecular complexity index is 626. The highest BCUT2D eigenvalue weighted by Crippen LogP contribution is 2.31. The Balaban J connectivity index is 2.04. The van der Waals surface area contributed by atoms with Crippen LogP contribution in [0.25, 0.3) is 0 Å². The van der Waals surface area contributed by atoms with Crippen molar-refractivity contribution in [1.29, 1.82) is 0 Å². The van der Waals surface area contributed by atoms with Gasteiger partial charge in [0.05, 0.1) is 26.0 Å². The number of anilines is 1. The van der Waals surface area contributed by atoms with E-state index in [0.29, 0.717) is 15.7 Å². The van der Waals surface area contributed by atoms with E-state index >= 15 is 0 Å². The second-order valence-corrected chi connectivity index (χ2v) is 6.70. The molecule has 110 valence electrons. The van der Waals surface area contributed by atoms with Gasteiger partial charge in [-0.1, -0.05) is 47.1 Å². The van der Waals surface area contributed by atoms with Gasteiger partial charge < -0.3 is 5.32 Å². The highest BCUT2D eigenvalue weighted by Gasteiger charge is 2.17. The van der Waals surface area contributed by atoms with Crippen LogP contribution < -0.4 is 5.32 Å². The molecule has 1 atom stereocenters. The molecule has 0 bridgehead atoms. The standard InChI is InChI=1S/C15H14Cl2N2OS/c1-9-6-7-13(18-8-9)21-10(2)15(20)19-14-11(16)4-3-5-12(14)17/h3-8,10H,1-2H3,(H,19,20). The van der Waals surface area contributed by atoms with Gasteiger partial charge in [-0.2, -0.15) is 0 Å². The number of pyridine rings is 1. The molecule has 0 fully saturated rings. The van der Waals surface area contributed by atoms with Gasteiger partial charge in [-0.25, -0.2) is 4.98 Å². The molecule has 3 nitrogen and oxygen atoms in total. The lowest BCUT2D eigenvalue weighted by molar-refractivity contribution is -0.115. The lowest BCUT2D eigenvalue weighted by atomic mass is 10.3. The van der Waals surface area contributed by atoms with Crippen molar-refractivity contribution >= 4 is 46.6 Å². The number of thioether (sulfide) groups is 1. The number of benzene rings is 1. The molecule has 1 N–H and O–H groups in total. The van der Waals surface area contributed by atoms with Crippen molar-refractivity contribution in [1.82, 2.24) is 4.98 Å². The van der Waals surface area contributed by atoms with Gasteiger partial charge in [0.25, 0.3) is 0 Å². The molecule has 6 heteroatoms. The second-order valence-electron chi connectivity index (χ2n) is 4.52. The third kappa shape index (κ3) is 4.37. The maximum atomic E-state index is 12.2. The number of aromatic nitrogens is 1. The van der Waals surface area contributed by atoms with E-state index in [-0.39, 0.29) is 11.2 Å². The van der Waals surface area contributed by atoms with Crippen LogP contribution in [0.15, 0.2) is 41.6 Å². The van der Waals surface area contributed by atoms with Gasteiger partial charge in [-0.15, -0.1) is 0 Å². The number of carbonyl (C=O) groups excluding carboxylic acids is 1. The number of rotatable bonds is 4. The van der Waals surface area contributed by atoms with Crippen LogP contribution >= 0.6 is 35.0 Å². The van der Waals surface area contributed by atoms with E-state index in [2.05, 4.69) is 10.3 Å². The molecule has 1 amide bonds. The molecule has 0 spiro atoms. The minimum atomic E-state index is -0.312. The molecular weight excluding hydrogens is 327 g/mol. The summed E-state index contributed by atoms with van der Waals surface area (Å²) in [5, 5.41) is 4.08. The number of para-hydroxylation sites is 1. The van der Waals surface area contributed by atoms with Crippen molar-refractivity contribution in [3.8, 4) is 0 Å². The van der Waals surface area contributed by atoms with Crippen molar-refractivity contribution in [2.45, 2.75) is 24.1 Å². The molecule has 0 radical (unpaired) electrons. The molecule has 2 rings (SSSR count). The first-order valence-electron chi connectivity index (χ1n) is 6.31. The first-order chi connectivity index (χ1) is 9.97. The SMILES string of the molecule is Cc1ccc(SC(C)C(=O)Nc2c(Cl)cccc2Cl)nc1. The van der Waals surface area contributed by atoms with Crippen molar-refractivity contribution < 1.29 is 4.79 Å². The number of carbonyl (C=O) groups is 1. The predicted octanol–water partition coefficient (Wildman–Crippen LogP) is 4.82. The van der Waals surface area contributed by atoms with Crippen molar-refractivity contribution in [2.24, 2.45) is 0 Å². The number of nitrogens with zero attached hydrogens (tertiary/aromatic N) is 1. The van der Waals surface area contributed by atoms with Crippen LogP contribution in [0.3, 0.4) is 0 Å². The third-order valence-electron chi connectivity index (χ3n) is 2.76. The summed E-state index contributed by atoms with van der Waals surface area (Å²) in [6, 6.07) is 8.96. The number of hydrogen-bond donors (Lipinski definition) is 1. The lowest BCUT2D eigenvalue weighted by Crippen LogP contribution is -2.22. The van der Waals surface area contributed by atoms with Crippen molar-refractivity contribution in [3.63, 3.8) is 0 Å². The van der Waals surface area contributed by atoms with E-state index in [4.69, 9.17) is 23.2 Å². The quantitative estimate of drug-likeness (QED) is 0.811. The normalized spacial score (nSPS) is 12.0. The van der Waals surface area contributed by atoms with Gasteiger partial charge in [0.15, 0.2) is 0 Å². The zero-order valence-corrected chi connectivity index (χ0v) is 13.9. The van der Waals surface area contributed by atoms with E-state index < -0.39 is 0 Å². The molecule has 21 heavy (non-hydrogen) atoms. The van der Waals surface area contributed by atoms with Gasteiger partial charge in [0.2, 0.25) is 5.91 Å². The second kappa shape index (κ2) is 7.16. The fourth-order valence-corrected chi connectivity index (χ4v) is 2.88.